The molecule has 1 aliphatic heterocycles. The zero-order valence-corrected chi connectivity index (χ0v) is 11.2. The van der Waals surface area contributed by atoms with E-state index in [1.54, 1.807) is 6.20 Å². The minimum Gasteiger partial charge on any atom is -0.490 e. The maximum atomic E-state index is 5.71. The van der Waals surface area contributed by atoms with E-state index in [0.29, 0.717) is 6.04 Å². The van der Waals surface area contributed by atoms with E-state index < -0.39 is 0 Å². The molecule has 0 saturated carbocycles. The SMILES string of the molecule is Cc1ncccc1OC[C@@H]1CCN1C.Cl.Cl. The summed E-state index contributed by atoms with van der Waals surface area (Å²) in [5.41, 5.74) is 0.967. The summed E-state index contributed by atoms with van der Waals surface area (Å²) >= 11 is 0. The maximum absolute atomic E-state index is 5.71. The second kappa shape index (κ2) is 6.94. The third-order valence-corrected chi connectivity index (χ3v) is 2.83. The van der Waals surface area contributed by atoms with Crippen LogP contribution in [0.5, 0.6) is 5.75 Å². The molecule has 1 atom stereocenters. The van der Waals surface area contributed by atoms with Crippen LogP contribution in [0, 0.1) is 6.92 Å². The summed E-state index contributed by atoms with van der Waals surface area (Å²) < 4.78 is 5.71. The molecule has 0 aromatic carbocycles. The predicted octanol–water partition coefficient (Wildman–Crippen LogP) is 2.32. The highest BCUT2D eigenvalue weighted by atomic mass is 35.5. The zero-order chi connectivity index (χ0) is 9.97. The van der Waals surface area contributed by atoms with Gasteiger partial charge in [0, 0.05) is 12.2 Å². The molecule has 1 aromatic heterocycles. The van der Waals surface area contributed by atoms with Crippen molar-refractivity contribution in [2.75, 3.05) is 20.2 Å². The van der Waals surface area contributed by atoms with Crippen LogP contribution in [0.3, 0.4) is 0 Å². The summed E-state index contributed by atoms with van der Waals surface area (Å²) in [7, 11) is 2.13. The average Bonchev–Trinajstić information content (AvgIpc) is 2.19. The number of likely N-dealkylation sites (N-methyl/N-ethyl adjacent to an activating group) is 1. The molecule has 0 amide bonds. The van der Waals surface area contributed by atoms with Crippen molar-refractivity contribution in [2.24, 2.45) is 0 Å². The van der Waals surface area contributed by atoms with Crippen LogP contribution in [-0.4, -0.2) is 36.1 Å². The maximum Gasteiger partial charge on any atom is 0.140 e. The molecule has 3 nitrogen and oxygen atoms in total. The number of hydrogen-bond donors (Lipinski definition) is 0. The second-order valence-electron chi connectivity index (χ2n) is 3.82. The van der Waals surface area contributed by atoms with E-state index in [4.69, 9.17) is 4.74 Å². The number of ether oxygens (including phenoxy) is 1. The van der Waals surface area contributed by atoms with Crippen LogP contribution in [0.25, 0.3) is 0 Å². The lowest BCUT2D eigenvalue weighted by atomic mass is 10.1. The highest BCUT2D eigenvalue weighted by Crippen LogP contribution is 2.18. The Morgan fingerprint density at radius 3 is 2.75 bits per heavy atom. The van der Waals surface area contributed by atoms with E-state index in [9.17, 15) is 0 Å². The molecule has 0 unspecified atom stereocenters. The van der Waals surface area contributed by atoms with Gasteiger partial charge in [-0.25, -0.2) is 0 Å². The number of halogens is 2. The van der Waals surface area contributed by atoms with E-state index in [1.165, 1.54) is 13.0 Å². The quantitative estimate of drug-likeness (QED) is 0.838. The molecule has 92 valence electrons. The number of pyridine rings is 1. The Balaban J connectivity index is 0.00000112. The Morgan fingerprint density at radius 2 is 2.25 bits per heavy atom. The van der Waals surface area contributed by atoms with Crippen LogP contribution in [-0.2, 0) is 0 Å². The van der Waals surface area contributed by atoms with Crippen molar-refractivity contribution in [3.63, 3.8) is 0 Å². The molecule has 0 N–H and O–H groups in total. The van der Waals surface area contributed by atoms with Gasteiger partial charge in [0.05, 0.1) is 5.69 Å². The minimum absolute atomic E-state index is 0. The Labute approximate surface area is 109 Å². The molecule has 2 rings (SSSR count). The largest absolute Gasteiger partial charge is 0.490 e. The summed E-state index contributed by atoms with van der Waals surface area (Å²) in [6, 6.07) is 4.47. The lowest BCUT2D eigenvalue weighted by Crippen LogP contribution is -2.48. The van der Waals surface area contributed by atoms with Gasteiger partial charge in [-0.3, -0.25) is 9.88 Å². The molecular weight excluding hydrogens is 247 g/mol. The number of aryl methyl sites for hydroxylation is 1. The first-order valence-corrected chi connectivity index (χ1v) is 5.02. The van der Waals surface area contributed by atoms with E-state index >= 15 is 0 Å². The summed E-state index contributed by atoms with van der Waals surface area (Å²) in [4.78, 5) is 6.49. The first-order chi connectivity index (χ1) is 6.77. The Bertz CT molecular complexity index is 323. The van der Waals surface area contributed by atoms with Gasteiger partial charge in [0.25, 0.3) is 0 Å². The average molecular weight is 265 g/mol. The van der Waals surface area contributed by atoms with Gasteiger partial charge in [-0.1, -0.05) is 0 Å². The van der Waals surface area contributed by atoms with E-state index in [2.05, 4.69) is 16.9 Å². The summed E-state index contributed by atoms with van der Waals surface area (Å²) in [6.07, 6.45) is 3.04. The minimum atomic E-state index is 0. The number of hydrogen-bond acceptors (Lipinski definition) is 3. The van der Waals surface area contributed by atoms with Gasteiger partial charge in [0.1, 0.15) is 12.4 Å². The molecule has 1 saturated heterocycles. The fraction of sp³-hybridized carbons (Fsp3) is 0.545. The number of rotatable bonds is 3. The van der Waals surface area contributed by atoms with Crippen LogP contribution in [0.15, 0.2) is 18.3 Å². The van der Waals surface area contributed by atoms with E-state index in [-0.39, 0.29) is 24.8 Å². The van der Waals surface area contributed by atoms with Gasteiger partial charge in [-0.15, -0.1) is 24.8 Å². The fourth-order valence-electron chi connectivity index (χ4n) is 1.59. The smallest absolute Gasteiger partial charge is 0.140 e. The molecule has 0 bridgehead atoms. The lowest BCUT2D eigenvalue weighted by Gasteiger charge is -2.37. The van der Waals surface area contributed by atoms with E-state index in [0.717, 1.165) is 18.1 Å². The molecule has 1 fully saturated rings. The molecule has 1 aromatic rings. The van der Waals surface area contributed by atoms with Gasteiger partial charge >= 0.3 is 0 Å². The third kappa shape index (κ3) is 3.51. The molecule has 0 spiro atoms. The van der Waals surface area contributed by atoms with Crippen LogP contribution in [0.2, 0.25) is 0 Å². The molecule has 0 aliphatic carbocycles. The van der Waals surface area contributed by atoms with Gasteiger partial charge in [-0.2, -0.15) is 0 Å². The highest BCUT2D eigenvalue weighted by molar-refractivity contribution is 5.85. The van der Waals surface area contributed by atoms with Crippen molar-refractivity contribution >= 4 is 24.8 Å². The van der Waals surface area contributed by atoms with Crippen LogP contribution < -0.4 is 4.74 Å². The summed E-state index contributed by atoms with van der Waals surface area (Å²) in [6.45, 7) is 3.95. The second-order valence-corrected chi connectivity index (χ2v) is 3.82. The van der Waals surface area contributed by atoms with Crippen LogP contribution >= 0.6 is 24.8 Å². The standard InChI is InChI=1S/C11H16N2O.2ClH/c1-9-11(4-3-6-12-9)14-8-10-5-7-13(10)2;;/h3-4,6,10H,5,7-8H2,1-2H3;2*1H/t10-;;/m0../s1. The van der Waals surface area contributed by atoms with Gasteiger partial charge in [-0.05, 0) is 39.1 Å². The predicted molar refractivity (Wildman–Crippen MR) is 70.0 cm³/mol. The van der Waals surface area contributed by atoms with Gasteiger partial charge in [0.2, 0.25) is 0 Å². The van der Waals surface area contributed by atoms with Crippen molar-refractivity contribution in [2.45, 2.75) is 19.4 Å². The lowest BCUT2D eigenvalue weighted by molar-refractivity contribution is 0.0764. The molecular formula is C11H18Cl2N2O. The summed E-state index contributed by atoms with van der Waals surface area (Å²) in [5, 5.41) is 0. The number of likely N-dealkylation sites (tertiary alicyclic amines) is 1. The van der Waals surface area contributed by atoms with Gasteiger partial charge < -0.3 is 4.74 Å². The van der Waals surface area contributed by atoms with E-state index in [1.807, 2.05) is 19.1 Å². The Kier molecular flexibility index (Phi) is 6.72. The molecule has 2 heterocycles. The van der Waals surface area contributed by atoms with Crippen molar-refractivity contribution in [3.8, 4) is 5.75 Å². The number of nitrogens with zero attached hydrogens (tertiary/aromatic N) is 2. The van der Waals surface area contributed by atoms with Gasteiger partial charge in [0.15, 0.2) is 0 Å². The molecule has 5 heteroatoms. The highest BCUT2D eigenvalue weighted by Gasteiger charge is 2.24. The Hall–Kier alpha value is -0.510. The van der Waals surface area contributed by atoms with Crippen LogP contribution in [0.1, 0.15) is 12.1 Å². The topological polar surface area (TPSA) is 25.4 Å². The number of aromatic nitrogens is 1. The first-order valence-electron chi connectivity index (χ1n) is 5.02. The van der Waals surface area contributed by atoms with Crippen molar-refractivity contribution < 1.29 is 4.74 Å². The zero-order valence-electron chi connectivity index (χ0n) is 9.55. The Morgan fingerprint density at radius 1 is 1.50 bits per heavy atom. The molecule has 1 aliphatic rings. The van der Waals surface area contributed by atoms with Crippen molar-refractivity contribution in [1.29, 1.82) is 0 Å². The normalized spacial score (nSPS) is 19.0. The third-order valence-electron chi connectivity index (χ3n) is 2.83. The molecule has 0 radical (unpaired) electrons. The first kappa shape index (κ1) is 15.5. The van der Waals surface area contributed by atoms with Crippen molar-refractivity contribution in [1.82, 2.24) is 9.88 Å². The molecule has 16 heavy (non-hydrogen) atoms. The fourth-order valence-corrected chi connectivity index (χ4v) is 1.59. The van der Waals surface area contributed by atoms with Crippen LogP contribution in [0.4, 0.5) is 0 Å². The summed E-state index contributed by atoms with van der Waals surface area (Å²) in [5.74, 6) is 0.910. The monoisotopic (exact) mass is 264 g/mol. The van der Waals surface area contributed by atoms with Crippen molar-refractivity contribution in [3.05, 3.63) is 24.0 Å².